The van der Waals surface area contributed by atoms with Crippen molar-refractivity contribution in [1.29, 1.82) is 0 Å². The van der Waals surface area contributed by atoms with Crippen molar-refractivity contribution in [1.82, 2.24) is 0 Å². The fourth-order valence-electron chi connectivity index (χ4n) is 2.04. The highest BCUT2D eigenvalue weighted by Crippen LogP contribution is 2.27. The van der Waals surface area contributed by atoms with Crippen molar-refractivity contribution in [2.24, 2.45) is 5.73 Å². The molecule has 0 radical (unpaired) electrons. The van der Waals surface area contributed by atoms with Gasteiger partial charge in [0.15, 0.2) is 0 Å². The number of carbonyl (C=O) groups is 1. The van der Waals surface area contributed by atoms with Crippen LogP contribution in [-0.4, -0.2) is 18.5 Å². The molecular weight excluding hydrogens is 243 g/mol. The van der Waals surface area contributed by atoms with Crippen LogP contribution in [0.4, 0.5) is 10.1 Å². The van der Waals surface area contributed by atoms with Gasteiger partial charge in [-0.25, -0.2) is 4.39 Å². The molecule has 94 valence electrons. The van der Waals surface area contributed by atoms with E-state index >= 15 is 0 Å². The van der Waals surface area contributed by atoms with Gasteiger partial charge in [-0.1, -0.05) is 0 Å². The minimum Gasteiger partial charge on any atom is -0.320 e. The zero-order valence-electron chi connectivity index (χ0n) is 9.65. The monoisotopic (exact) mass is 258 g/mol. The second-order valence-electron chi connectivity index (χ2n) is 4.16. The van der Waals surface area contributed by atoms with E-state index in [9.17, 15) is 9.18 Å². The lowest BCUT2D eigenvalue weighted by Gasteiger charge is -2.30. The average Bonchev–Trinajstić information content (AvgIpc) is 2.26. The third kappa shape index (κ3) is 2.76. The standard InChI is InChI=1S/C12H15FN2O.ClH/c1-8(14)12(16)15-6-2-3-9-7-10(13)4-5-11(9)15;/h4-5,7-8H,2-3,6,14H2,1H3;1H. The molecule has 1 atom stereocenters. The number of hydrogen-bond acceptors (Lipinski definition) is 2. The predicted octanol–water partition coefficient (Wildman–Crippen LogP) is 1.87. The number of fused-ring (bicyclic) bond motifs is 1. The maximum Gasteiger partial charge on any atom is 0.243 e. The summed E-state index contributed by atoms with van der Waals surface area (Å²) < 4.78 is 13.1. The predicted molar refractivity (Wildman–Crippen MR) is 68.0 cm³/mol. The molecule has 1 unspecified atom stereocenters. The van der Waals surface area contributed by atoms with Crippen LogP contribution in [0.3, 0.4) is 0 Å². The van der Waals surface area contributed by atoms with Crippen molar-refractivity contribution >= 4 is 24.0 Å². The lowest BCUT2D eigenvalue weighted by atomic mass is 10.0. The number of halogens is 2. The van der Waals surface area contributed by atoms with E-state index in [0.29, 0.717) is 6.54 Å². The Bertz CT molecular complexity index is 423. The number of benzene rings is 1. The summed E-state index contributed by atoms with van der Waals surface area (Å²) in [5.41, 5.74) is 7.28. The van der Waals surface area contributed by atoms with E-state index in [1.54, 1.807) is 17.9 Å². The molecule has 0 fully saturated rings. The first kappa shape index (κ1) is 13.9. The second kappa shape index (κ2) is 5.47. The zero-order chi connectivity index (χ0) is 11.7. The molecule has 5 heteroatoms. The summed E-state index contributed by atoms with van der Waals surface area (Å²) in [6.45, 7) is 2.33. The summed E-state index contributed by atoms with van der Waals surface area (Å²) in [6.07, 6.45) is 1.67. The molecule has 0 aliphatic carbocycles. The fourth-order valence-corrected chi connectivity index (χ4v) is 2.04. The fraction of sp³-hybridized carbons (Fsp3) is 0.417. The molecule has 1 aromatic carbocycles. The molecule has 1 amide bonds. The summed E-state index contributed by atoms with van der Waals surface area (Å²) >= 11 is 0. The average molecular weight is 259 g/mol. The van der Waals surface area contributed by atoms with Gasteiger partial charge in [0.25, 0.3) is 0 Å². The maximum absolute atomic E-state index is 13.1. The number of rotatable bonds is 1. The summed E-state index contributed by atoms with van der Waals surface area (Å²) in [7, 11) is 0. The Morgan fingerprint density at radius 2 is 2.24 bits per heavy atom. The number of amides is 1. The minimum atomic E-state index is -0.518. The molecule has 1 aromatic rings. The molecule has 0 aromatic heterocycles. The number of nitrogens with two attached hydrogens (primary N) is 1. The van der Waals surface area contributed by atoms with Gasteiger partial charge in [-0.15, -0.1) is 12.4 Å². The number of anilines is 1. The Balaban J connectivity index is 0.00000144. The smallest absolute Gasteiger partial charge is 0.243 e. The summed E-state index contributed by atoms with van der Waals surface area (Å²) in [6, 6.07) is 4.02. The van der Waals surface area contributed by atoms with Gasteiger partial charge >= 0.3 is 0 Å². The summed E-state index contributed by atoms with van der Waals surface area (Å²) in [4.78, 5) is 13.5. The quantitative estimate of drug-likeness (QED) is 0.836. The highest BCUT2D eigenvalue weighted by atomic mass is 35.5. The third-order valence-corrected chi connectivity index (χ3v) is 2.82. The number of carbonyl (C=O) groups excluding carboxylic acids is 1. The topological polar surface area (TPSA) is 46.3 Å². The third-order valence-electron chi connectivity index (χ3n) is 2.82. The van der Waals surface area contributed by atoms with Crippen LogP contribution in [0.25, 0.3) is 0 Å². The Morgan fingerprint density at radius 3 is 2.88 bits per heavy atom. The first-order valence-electron chi connectivity index (χ1n) is 5.45. The van der Waals surface area contributed by atoms with Crippen LogP contribution in [0.2, 0.25) is 0 Å². The Morgan fingerprint density at radius 1 is 1.53 bits per heavy atom. The van der Waals surface area contributed by atoms with Crippen LogP contribution in [0.15, 0.2) is 18.2 Å². The highest BCUT2D eigenvalue weighted by Gasteiger charge is 2.24. The van der Waals surface area contributed by atoms with Crippen molar-refractivity contribution in [2.45, 2.75) is 25.8 Å². The molecule has 0 spiro atoms. The SMILES string of the molecule is CC(N)C(=O)N1CCCc2cc(F)ccc21.Cl. The minimum absolute atomic E-state index is 0. The molecule has 2 rings (SSSR count). The second-order valence-corrected chi connectivity index (χ2v) is 4.16. The van der Waals surface area contributed by atoms with E-state index in [1.165, 1.54) is 12.1 Å². The van der Waals surface area contributed by atoms with E-state index in [2.05, 4.69) is 0 Å². The Kier molecular flexibility index (Phi) is 4.48. The van der Waals surface area contributed by atoms with Gasteiger partial charge in [0, 0.05) is 12.2 Å². The number of nitrogens with zero attached hydrogens (tertiary/aromatic N) is 1. The maximum atomic E-state index is 13.1. The Labute approximate surface area is 106 Å². The van der Waals surface area contributed by atoms with Gasteiger partial charge in [0.2, 0.25) is 5.91 Å². The normalized spacial score (nSPS) is 15.8. The van der Waals surface area contributed by atoms with Gasteiger partial charge in [-0.05, 0) is 43.5 Å². The van der Waals surface area contributed by atoms with Gasteiger partial charge in [-0.3, -0.25) is 4.79 Å². The number of aryl methyl sites for hydroxylation is 1. The first-order valence-corrected chi connectivity index (χ1v) is 5.45. The van der Waals surface area contributed by atoms with E-state index in [1.807, 2.05) is 0 Å². The van der Waals surface area contributed by atoms with Crippen molar-refractivity contribution in [3.63, 3.8) is 0 Å². The Hall–Kier alpha value is -1.13. The molecule has 1 heterocycles. The van der Waals surface area contributed by atoms with E-state index in [4.69, 9.17) is 5.73 Å². The van der Waals surface area contributed by atoms with Crippen LogP contribution in [0, 0.1) is 5.82 Å². The molecule has 0 bridgehead atoms. The number of hydrogen-bond donors (Lipinski definition) is 1. The molecule has 0 saturated carbocycles. The van der Waals surface area contributed by atoms with Crippen molar-refractivity contribution in [3.8, 4) is 0 Å². The first-order chi connectivity index (χ1) is 7.59. The molecule has 0 saturated heterocycles. The lowest BCUT2D eigenvalue weighted by Crippen LogP contribution is -2.44. The van der Waals surface area contributed by atoms with E-state index in [0.717, 1.165) is 24.1 Å². The highest BCUT2D eigenvalue weighted by molar-refractivity contribution is 5.97. The largest absolute Gasteiger partial charge is 0.320 e. The summed E-state index contributed by atoms with van der Waals surface area (Å²) in [5, 5.41) is 0. The molecule has 1 aliphatic heterocycles. The van der Waals surface area contributed by atoms with E-state index in [-0.39, 0.29) is 24.1 Å². The van der Waals surface area contributed by atoms with Gasteiger partial charge in [-0.2, -0.15) is 0 Å². The van der Waals surface area contributed by atoms with E-state index < -0.39 is 6.04 Å². The molecular formula is C12H16ClFN2O. The van der Waals surface area contributed by atoms with Crippen LogP contribution < -0.4 is 10.6 Å². The zero-order valence-corrected chi connectivity index (χ0v) is 10.5. The molecule has 2 N–H and O–H groups in total. The molecule has 17 heavy (non-hydrogen) atoms. The van der Waals surface area contributed by atoms with Gasteiger partial charge < -0.3 is 10.6 Å². The van der Waals surface area contributed by atoms with Crippen molar-refractivity contribution < 1.29 is 9.18 Å². The van der Waals surface area contributed by atoms with Crippen LogP contribution in [0.5, 0.6) is 0 Å². The van der Waals surface area contributed by atoms with Gasteiger partial charge in [0.1, 0.15) is 5.82 Å². The lowest BCUT2D eigenvalue weighted by molar-refractivity contribution is -0.119. The van der Waals surface area contributed by atoms with Crippen LogP contribution in [0.1, 0.15) is 18.9 Å². The van der Waals surface area contributed by atoms with Crippen LogP contribution >= 0.6 is 12.4 Å². The summed E-state index contributed by atoms with van der Waals surface area (Å²) in [5.74, 6) is -0.360. The molecule has 1 aliphatic rings. The van der Waals surface area contributed by atoms with Crippen molar-refractivity contribution in [2.75, 3.05) is 11.4 Å². The van der Waals surface area contributed by atoms with Gasteiger partial charge in [0.05, 0.1) is 6.04 Å². The molecule has 3 nitrogen and oxygen atoms in total. The van der Waals surface area contributed by atoms with Crippen molar-refractivity contribution in [3.05, 3.63) is 29.6 Å². The van der Waals surface area contributed by atoms with Crippen LogP contribution in [-0.2, 0) is 11.2 Å².